The lowest BCUT2D eigenvalue weighted by Gasteiger charge is -1.98. The molecule has 1 aromatic heterocycles. The maximum absolute atomic E-state index is 6.00. The monoisotopic (exact) mass is 194 g/mol. The number of rotatable bonds is 1. The molecule has 2 rings (SSSR count). The Morgan fingerprint density at radius 1 is 1.46 bits per heavy atom. The molecule has 1 atom stereocenters. The summed E-state index contributed by atoms with van der Waals surface area (Å²) in [5, 5.41) is 1.85. The number of nitrogens with one attached hydrogen (secondary N) is 1. The largest absolute Gasteiger partial charge is 0.356 e. The third-order valence-corrected chi connectivity index (χ3v) is 2.43. The highest BCUT2D eigenvalue weighted by Crippen LogP contribution is 2.24. The minimum atomic E-state index is 0.0171. The molecule has 0 fully saturated rings. The number of nitrogens with two attached hydrogens (primary N) is 1. The van der Waals surface area contributed by atoms with Gasteiger partial charge in [0.25, 0.3) is 0 Å². The van der Waals surface area contributed by atoms with Crippen molar-refractivity contribution < 1.29 is 0 Å². The van der Waals surface area contributed by atoms with Crippen LogP contribution in [-0.4, -0.2) is 4.98 Å². The van der Waals surface area contributed by atoms with Crippen molar-refractivity contribution in [3.63, 3.8) is 0 Å². The van der Waals surface area contributed by atoms with Crippen LogP contribution in [-0.2, 0) is 0 Å². The van der Waals surface area contributed by atoms with Crippen LogP contribution in [0.5, 0.6) is 0 Å². The highest BCUT2D eigenvalue weighted by Gasteiger charge is 2.05. The van der Waals surface area contributed by atoms with Crippen LogP contribution in [0.3, 0.4) is 0 Å². The molecule has 0 aliphatic heterocycles. The van der Waals surface area contributed by atoms with E-state index in [9.17, 15) is 0 Å². The van der Waals surface area contributed by atoms with Crippen molar-refractivity contribution in [1.82, 2.24) is 4.98 Å². The molecule has 1 unspecified atom stereocenters. The van der Waals surface area contributed by atoms with E-state index >= 15 is 0 Å². The van der Waals surface area contributed by atoms with Gasteiger partial charge in [0.1, 0.15) is 0 Å². The van der Waals surface area contributed by atoms with Crippen molar-refractivity contribution in [2.45, 2.75) is 13.0 Å². The Labute approximate surface area is 81.7 Å². The van der Waals surface area contributed by atoms with Gasteiger partial charge in [-0.25, -0.2) is 0 Å². The van der Waals surface area contributed by atoms with E-state index in [-0.39, 0.29) is 6.04 Å². The molecule has 0 bridgehead atoms. The predicted molar refractivity (Wildman–Crippen MR) is 55.9 cm³/mol. The second kappa shape index (κ2) is 3.05. The smallest absolute Gasteiger partial charge is 0.0647 e. The Bertz CT molecular complexity index is 431. The van der Waals surface area contributed by atoms with Crippen LogP contribution in [0.4, 0.5) is 0 Å². The van der Waals surface area contributed by atoms with Crippen LogP contribution < -0.4 is 5.73 Å². The van der Waals surface area contributed by atoms with Crippen molar-refractivity contribution in [2.75, 3.05) is 0 Å². The molecule has 1 heterocycles. The third-order valence-electron chi connectivity index (χ3n) is 2.12. The molecular formula is C10H11ClN2. The van der Waals surface area contributed by atoms with Crippen LogP contribution in [0.1, 0.15) is 18.7 Å². The predicted octanol–water partition coefficient (Wildman–Crippen LogP) is 2.84. The molecule has 0 amide bonds. The summed E-state index contributed by atoms with van der Waals surface area (Å²) >= 11 is 6.00. The summed E-state index contributed by atoms with van der Waals surface area (Å²) < 4.78 is 0. The number of aromatic nitrogens is 1. The highest BCUT2D eigenvalue weighted by atomic mass is 35.5. The molecule has 3 heteroatoms. The van der Waals surface area contributed by atoms with E-state index in [0.717, 1.165) is 21.6 Å². The van der Waals surface area contributed by atoms with Crippen molar-refractivity contribution in [1.29, 1.82) is 0 Å². The van der Waals surface area contributed by atoms with Gasteiger partial charge in [0.15, 0.2) is 0 Å². The zero-order chi connectivity index (χ0) is 9.42. The molecule has 2 nitrogen and oxygen atoms in total. The Balaban J connectivity index is 2.68. The third kappa shape index (κ3) is 1.43. The number of fused-ring (bicyclic) bond motifs is 1. The van der Waals surface area contributed by atoms with Gasteiger partial charge in [-0.15, -0.1) is 0 Å². The summed E-state index contributed by atoms with van der Waals surface area (Å²) in [5.74, 6) is 0. The SMILES string of the molecule is CC(N)c1cc2cccc(Cl)c2[nH]1. The van der Waals surface area contributed by atoms with Crippen LogP contribution in [0, 0.1) is 0 Å². The molecule has 1 aromatic carbocycles. The van der Waals surface area contributed by atoms with Crippen molar-refractivity contribution in [3.8, 4) is 0 Å². The maximum atomic E-state index is 6.00. The molecule has 0 saturated carbocycles. The van der Waals surface area contributed by atoms with E-state index in [4.69, 9.17) is 17.3 Å². The molecule has 0 spiro atoms. The first kappa shape index (κ1) is 8.60. The van der Waals surface area contributed by atoms with E-state index in [1.807, 2.05) is 31.2 Å². The van der Waals surface area contributed by atoms with Crippen LogP contribution >= 0.6 is 11.6 Å². The van der Waals surface area contributed by atoms with E-state index in [1.54, 1.807) is 0 Å². The lowest BCUT2D eigenvalue weighted by Crippen LogP contribution is -2.04. The Hall–Kier alpha value is -0.990. The summed E-state index contributed by atoms with van der Waals surface area (Å²) in [5.41, 5.74) is 7.74. The van der Waals surface area contributed by atoms with Gasteiger partial charge in [-0.05, 0) is 19.1 Å². The molecule has 2 aromatic rings. The number of hydrogen-bond donors (Lipinski definition) is 2. The fourth-order valence-corrected chi connectivity index (χ4v) is 1.62. The fraction of sp³-hybridized carbons (Fsp3) is 0.200. The topological polar surface area (TPSA) is 41.8 Å². The minimum absolute atomic E-state index is 0.0171. The second-order valence-electron chi connectivity index (χ2n) is 3.22. The summed E-state index contributed by atoms with van der Waals surface area (Å²) in [6, 6.07) is 7.87. The molecule has 0 aliphatic carbocycles. The maximum Gasteiger partial charge on any atom is 0.0647 e. The second-order valence-corrected chi connectivity index (χ2v) is 3.62. The van der Waals surface area contributed by atoms with E-state index in [2.05, 4.69) is 4.98 Å². The lowest BCUT2D eigenvalue weighted by atomic mass is 10.2. The molecule has 0 saturated heterocycles. The Morgan fingerprint density at radius 3 is 2.85 bits per heavy atom. The molecule has 13 heavy (non-hydrogen) atoms. The average Bonchev–Trinajstić information content (AvgIpc) is 2.49. The number of benzene rings is 1. The zero-order valence-corrected chi connectivity index (χ0v) is 8.10. The van der Waals surface area contributed by atoms with Crippen molar-refractivity contribution in [3.05, 3.63) is 35.0 Å². The van der Waals surface area contributed by atoms with Crippen molar-refractivity contribution >= 4 is 22.5 Å². The fourth-order valence-electron chi connectivity index (χ4n) is 1.39. The van der Waals surface area contributed by atoms with Gasteiger partial charge in [0.2, 0.25) is 0 Å². The lowest BCUT2D eigenvalue weighted by molar-refractivity contribution is 0.792. The first-order valence-electron chi connectivity index (χ1n) is 4.21. The van der Waals surface area contributed by atoms with Gasteiger partial charge >= 0.3 is 0 Å². The summed E-state index contributed by atoms with van der Waals surface area (Å²) in [6.45, 7) is 1.94. The molecule has 0 aliphatic rings. The highest BCUT2D eigenvalue weighted by molar-refractivity contribution is 6.35. The molecule has 3 N–H and O–H groups in total. The number of hydrogen-bond acceptors (Lipinski definition) is 1. The van der Waals surface area contributed by atoms with E-state index < -0.39 is 0 Å². The van der Waals surface area contributed by atoms with Gasteiger partial charge in [0, 0.05) is 17.1 Å². The Kier molecular flexibility index (Phi) is 2.02. The molecular weight excluding hydrogens is 184 g/mol. The standard InChI is InChI=1S/C10H11ClN2/c1-6(12)9-5-7-3-2-4-8(11)10(7)13-9/h2-6,13H,12H2,1H3. The summed E-state index contributed by atoms with van der Waals surface area (Å²) in [4.78, 5) is 3.21. The molecule has 0 radical (unpaired) electrons. The number of para-hydroxylation sites is 1. The van der Waals surface area contributed by atoms with Gasteiger partial charge in [0.05, 0.1) is 10.5 Å². The molecule has 68 valence electrons. The Morgan fingerprint density at radius 2 is 2.23 bits per heavy atom. The van der Waals surface area contributed by atoms with Gasteiger partial charge < -0.3 is 10.7 Å². The van der Waals surface area contributed by atoms with Crippen LogP contribution in [0.15, 0.2) is 24.3 Å². The summed E-state index contributed by atoms with van der Waals surface area (Å²) in [7, 11) is 0. The van der Waals surface area contributed by atoms with Crippen LogP contribution in [0.2, 0.25) is 5.02 Å². The van der Waals surface area contributed by atoms with Crippen molar-refractivity contribution in [2.24, 2.45) is 5.73 Å². The minimum Gasteiger partial charge on any atom is -0.356 e. The van der Waals surface area contributed by atoms with E-state index in [0.29, 0.717) is 0 Å². The van der Waals surface area contributed by atoms with Gasteiger partial charge in [-0.1, -0.05) is 23.7 Å². The zero-order valence-electron chi connectivity index (χ0n) is 7.34. The van der Waals surface area contributed by atoms with Crippen LogP contribution in [0.25, 0.3) is 10.9 Å². The van der Waals surface area contributed by atoms with Gasteiger partial charge in [-0.3, -0.25) is 0 Å². The number of H-pyrrole nitrogens is 1. The van der Waals surface area contributed by atoms with Gasteiger partial charge in [-0.2, -0.15) is 0 Å². The quantitative estimate of drug-likeness (QED) is 0.720. The first-order chi connectivity index (χ1) is 6.18. The number of halogens is 1. The van der Waals surface area contributed by atoms with E-state index in [1.165, 1.54) is 0 Å². The average molecular weight is 195 g/mol. The number of aromatic amines is 1. The normalized spacial score (nSPS) is 13.5. The first-order valence-corrected chi connectivity index (χ1v) is 4.59. The summed E-state index contributed by atoms with van der Waals surface area (Å²) in [6.07, 6.45) is 0.